The first kappa shape index (κ1) is 19.9. The van der Waals surface area contributed by atoms with Crippen molar-refractivity contribution in [2.75, 3.05) is 14.2 Å². The number of esters is 1. The molecule has 0 saturated heterocycles. The lowest BCUT2D eigenvalue weighted by molar-refractivity contribution is -0.129. The fraction of sp³-hybridized carbons (Fsp3) is 0.238. The number of nitrogens with zero attached hydrogens (tertiary/aromatic N) is 1. The number of benzene rings is 2. The molecule has 2 aromatic carbocycles. The maximum absolute atomic E-state index is 12.2. The van der Waals surface area contributed by atoms with E-state index in [1.807, 2.05) is 19.9 Å². The average Bonchev–Trinajstić information content (AvgIpc) is 3.04. The Morgan fingerprint density at radius 3 is 2.43 bits per heavy atom. The van der Waals surface area contributed by atoms with Gasteiger partial charge in [-0.3, -0.25) is 0 Å². The number of carbonyl (C=O) groups excluding carboxylic acids is 1. The Morgan fingerprint density at radius 1 is 1.11 bits per heavy atom. The first-order chi connectivity index (χ1) is 13.4. The highest BCUT2D eigenvalue weighted by Gasteiger charge is 2.24. The maximum atomic E-state index is 12.2. The quantitative estimate of drug-likeness (QED) is 0.480. The topological polar surface area (TPSA) is 66.3 Å². The third-order valence-corrected chi connectivity index (χ3v) is 4.46. The van der Waals surface area contributed by atoms with Crippen LogP contribution in [0.4, 0.5) is 0 Å². The van der Waals surface area contributed by atoms with Gasteiger partial charge in [-0.05, 0) is 77.8 Å². The molecule has 146 valence electrons. The molecule has 0 saturated carbocycles. The molecule has 0 unspecified atom stereocenters. The number of aliphatic imine (C=N–C) groups is 1. The largest absolute Gasteiger partial charge is 0.497 e. The Morgan fingerprint density at radius 2 is 1.82 bits per heavy atom. The second-order valence-corrected chi connectivity index (χ2v) is 7.12. The van der Waals surface area contributed by atoms with Gasteiger partial charge >= 0.3 is 5.97 Å². The average molecular weight is 446 g/mol. The van der Waals surface area contributed by atoms with Crippen molar-refractivity contribution in [3.05, 3.63) is 57.7 Å². The van der Waals surface area contributed by atoms with Gasteiger partial charge in [-0.25, -0.2) is 9.79 Å². The van der Waals surface area contributed by atoms with Crippen LogP contribution in [0.15, 0.2) is 51.6 Å². The van der Waals surface area contributed by atoms with E-state index in [9.17, 15) is 4.79 Å². The lowest BCUT2D eigenvalue weighted by Crippen LogP contribution is -2.07. The van der Waals surface area contributed by atoms with Crippen LogP contribution < -0.4 is 14.2 Å². The highest BCUT2D eigenvalue weighted by atomic mass is 79.9. The zero-order chi connectivity index (χ0) is 20.3. The van der Waals surface area contributed by atoms with Crippen molar-refractivity contribution in [2.45, 2.75) is 20.0 Å². The Bertz CT molecular complexity index is 948. The Balaban J connectivity index is 1.92. The fourth-order valence-electron chi connectivity index (χ4n) is 2.60. The van der Waals surface area contributed by atoms with E-state index in [0.717, 1.165) is 10.0 Å². The van der Waals surface area contributed by atoms with E-state index >= 15 is 0 Å². The van der Waals surface area contributed by atoms with Gasteiger partial charge in [0.2, 0.25) is 5.90 Å². The molecule has 0 atom stereocenters. The van der Waals surface area contributed by atoms with Gasteiger partial charge in [-0.2, -0.15) is 0 Å². The molecule has 0 radical (unpaired) electrons. The minimum atomic E-state index is -0.511. The molecule has 1 aliphatic rings. The lowest BCUT2D eigenvalue weighted by atomic mass is 10.1. The summed E-state index contributed by atoms with van der Waals surface area (Å²) in [7, 11) is 3.16. The normalized spacial score (nSPS) is 14.9. The van der Waals surface area contributed by atoms with Gasteiger partial charge in [-0.15, -0.1) is 0 Å². The summed E-state index contributed by atoms with van der Waals surface area (Å²) in [6.07, 6.45) is 1.64. The van der Waals surface area contributed by atoms with Gasteiger partial charge in [0.15, 0.2) is 17.2 Å². The van der Waals surface area contributed by atoms with Crippen LogP contribution in [0, 0.1) is 0 Å². The number of cyclic esters (lactones) is 1. The zero-order valence-electron chi connectivity index (χ0n) is 16.0. The number of ether oxygens (including phenoxy) is 4. The first-order valence-electron chi connectivity index (χ1n) is 8.62. The van der Waals surface area contributed by atoms with Crippen molar-refractivity contribution in [3.8, 4) is 17.2 Å². The van der Waals surface area contributed by atoms with Crippen LogP contribution in [0.25, 0.3) is 6.08 Å². The number of methoxy groups -OCH3 is 2. The summed E-state index contributed by atoms with van der Waals surface area (Å²) in [4.78, 5) is 16.6. The third kappa shape index (κ3) is 4.36. The number of hydrogen-bond donors (Lipinski definition) is 0. The Labute approximate surface area is 171 Å². The molecule has 0 bridgehead atoms. The Hall–Kier alpha value is -2.80. The van der Waals surface area contributed by atoms with Crippen molar-refractivity contribution >= 4 is 33.9 Å². The summed E-state index contributed by atoms with van der Waals surface area (Å²) in [5, 5.41) is 0. The molecule has 2 aromatic rings. The van der Waals surface area contributed by atoms with Crippen molar-refractivity contribution in [1.82, 2.24) is 0 Å². The molecule has 1 aliphatic heterocycles. The number of carbonyl (C=O) groups is 1. The summed E-state index contributed by atoms with van der Waals surface area (Å²) in [5.74, 6) is 1.62. The van der Waals surface area contributed by atoms with Crippen molar-refractivity contribution in [1.29, 1.82) is 0 Å². The SMILES string of the molecule is COc1ccc(C2=N/C(=C\c3cc(Br)c(OC(C)C)c(OC)c3)C(=O)O2)cc1. The van der Waals surface area contributed by atoms with Gasteiger partial charge in [0.25, 0.3) is 0 Å². The molecule has 6 nitrogen and oxygen atoms in total. The maximum Gasteiger partial charge on any atom is 0.363 e. The molecule has 7 heteroatoms. The predicted molar refractivity (Wildman–Crippen MR) is 110 cm³/mol. The van der Waals surface area contributed by atoms with Crippen LogP contribution in [0.3, 0.4) is 0 Å². The van der Waals surface area contributed by atoms with Crippen LogP contribution in [0.2, 0.25) is 0 Å². The standard InChI is InChI=1S/C21H20BrNO5/c1-12(2)27-19-16(22)9-13(11-18(19)26-4)10-17-21(24)28-20(23-17)14-5-7-15(25-3)8-6-14/h5-12H,1-4H3/b17-10-. The second-order valence-electron chi connectivity index (χ2n) is 6.27. The van der Waals surface area contributed by atoms with Crippen LogP contribution in [-0.2, 0) is 9.53 Å². The summed E-state index contributed by atoms with van der Waals surface area (Å²) in [5.41, 5.74) is 1.63. The van der Waals surface area contributed by atoms with Gasteiger partial charge in [-0.1, -0.05) is 0 Å². The van der Waals surface area contributed by atoms with Gasteiger partial charge in [0.1, 0.15) is 5.75 Å². The molecule has 28 heavy (non-hydrogen) atoms. The van der Waals surface area contributed by atoms with Crippen molar-refractivity contribution in [2.24, 2.45) is 4.99 Å². The fourth-order valence-corrected chi connectivity index (χ4v) is 3.15. The Kier molecular flexibility index (Phi) is 6.04. The predicted octanol–water partition coefficient (Wildman–Crippen LogP) is 4.60. The van der Waals surface area contributed by atoms with Crippen molar-refractivity contribution in [3.63, 3.8) is 0 Å². The summed E-state index contributed by atoms with van der Waals surface area (Å²) >= 11 is 3.50. The van der Waals surface area contributed by atoms with Gasteiger partial charge in [0, 0.05) is 5.56 Å². The summed E-state index contributed by atoms with van der Waals surface area (Å²) in [6, 6.07) is 10.7. The minimum Gasteiger partial charge on any atom is -0.497 e. The number of halogens is 1. The van der Waals surface area contributed by atoms with Gasteiger partial charge < -0.3 is 18.9 Å². The molecule has 0 N–H and O–H groups in total. The third-order valence-electron chi connectivity index (χ3n) is 3.87. The number of rotatable bonds is 6. The van der Waals surface area contributed by atoms with Crippen LogP contribution in [0.5, 0.6) is 17.2 Å². The second kappa shape index (κ2) is 8.48. The molecule has 0 fully saturated rings. The minimum absolute atomic E-state index is 0.00382. The van der Waals surface area contributed by atoms with E-state index in [0.29, 0.717) is 22.8 Å². The number of hydrogen-bond acceptors (Lipinski definition) is 6. The highest BCUT2D eigenvalue weighted by molar-refractivity contribution is 9.10. The molecule has 0 spiro atoms. The molecular formula is C21H20BrNO5. The molecule has 0 amide bonds. The summed E-state index contributed by atoms with van der Waals surface area (Å²) < 4.78 is 22.4. The van der Waals surface area contributed by atoms with E-state index in [1.165, 1.54) is 0 Å². The monoisotopic (exact) mass is 445 g/mol. The molecular weight excluding hydrogens is 426 g/mol. The highest BCUT2D eigenvalue weighted by Crippen LogP contribution is 2.38. The lowest BCUT2D eigenvalue weighted by Gasteiger charge is -2.15. The smallest absolute Gasteiger partial charge is 0.363 e. The molecule has 0 aliphatic carbocycles. The summed E-state index contributed by atoms with van der Waals surface area (Å²) in [6.45, 7) is 3.87. The van der Waals surface area contributed by atoms with E-state index in [4.69, 9.17) is 18.9 Å². The van der Waals surface area contributed by atoms with Gasteiger partial charge in [0.05, 0.1) is 24.8 Å². The van der Waals surface area contributed by atoms with Crippen LogP contribution in [-0.4, -0.2) is 32.2 Å². The first-order valence-corrected chi connectivity index (χ1v) is 9.41. The van der Waals surface area contributed by atoms with Crippen LogP contribution in [0.1, 0.15) is 25.0 Å². The van der Waals surface area contributed by atoms with E-state index in [2.05, 4.69) is 20.9 Å². The van der Waals surface area contributed by atoms with E-state index in [-0.39, 0.29) is 17.7 Å². The molecule has 3 rings (SSSR count). The van der Waals surface area contributed by atoms with E-state index < -0.39 is 5.97 Å². The van der Waals surface area contributed by atoms with Crippen molar-refractivity contribution < 1.29 is 23.7 Å². The molecule has 0 aromatic heterocycles. The molecule has 1 heterocycles. The zero-order valence-corrected chi connectivity index (χ0v) is 17.6. The van der Waals surface area contributed by atoms with Crippen LogP contribution >= 0.6 is 15.9 Å². The van der Waals surface area contributed by atoms with E-state index in [1.54, 1.807) is 50.6 Å².